The molecule has 0 atom stereocenters. The van der Waals surface area contributed by atoms with E-state index in [4.69, 9.17) is 4.74 Å². The Kier molecular flexibility index (Phi) is 5.12. The van der Waals surface area contributed by atoms with E-state index >= 15 is 0 Å². The first-order chi connectivity index (χ1) is 18.9. The van der Waals surface area contributed by atoms with E-state index in [-0.39, 0.29) is 4.90 Å². The Bertz CT molecular complexity index is 1830. The molecule has 8 rings (SSSR count). The topological polar surface area (TPSA) is 72.7 Å². The maximum Gasteiger partial charge on any atom is 0.210 e. The van der Waals surface area contributed by atoms with Gasteiger partial charge >= 0.3 is 0 Å². The summed E-state index contributed by atoms with van der Waals surface area (Å²) in [6.07, 6.45) is 8.24. The Balaban J connectivity index is 1.56. The van der Waals surface area contributed by atoms with Gasteiger partial charge in [0, 0.05) is 64.7 Å². The molecule has 7 heteroatoms. The molecule has 3 aromatic carbocycles. The highest BCUT2D eigenvalue weighted by Crippen LogP contribution is 2.49. The van der Waals surface area contributed by atoms with Crippen LogP contribution < -0.4 is 24.8 Å². The van der Waals surface area contributed by atoms with E-state index in [0.717, 1.165) is 111 Å². The third kappa shape index (κ3) is 3.48. The molecule has 0 radical (unpaired) electrons. The van der Waals surface area contributed by atoms with E-state index < -0.39 is 10.1 Å². The molecule has 0 aliphatic carbocycles. The van der Waals surface area contributed by atoms with Crippen molar-refractivity contribution in [2.24, 2.45) is 0 Å². The number of hydrogen-bond donors (Lipinski definition) is 0. The largest absolute Gasteiger partial charge is 0.744 e. The number of rotatable bonds is 2. The normalized spacial score (nSPS) is 19.1. The molecule has 5 aliphatic rings. The summed E-state index contributed by atoms with van der Waals surface area (Å²) in [7, 11) is -4.70. The van der Waals surface area contributed by atoms with E-state index in [1.807, 2.05) is 19.1 Å². The van der Waals surface area contributed by atoms with Gasteiger partial charge in [-0.25, -0.2) is 13.0 Å². The Morgan fingerprint density at radius 1 is 0.846 bits per heavy atom. The standard InChI is InChI=1S/C32H32N2O4S/c1-19-10-11-22(27(16-19)39(35,36)37)28-25-17-20-6-2-12-33-14-4-8-23(29(20)33)31(25)38-32-24-9-5-15-34-13-3-7-21(30(24)34)18-26(28)32/h10-11,16-18H,2-9,12-15H2,1H3. The van der Waals surface area contributed by atoms with Gasteiger partial charge in [0.05, 0.1) is 10.5 Å². The van der Waals surface area contributed by atoms with E-state index in [1.165, 1.54) is 39.4 Å². The van der Waals surface area contributed by atoms with Crippen LogP contribution in [0.2, 0.25) is 0 Å². The van der Waals surface area contributed by atoms with Crippen LogP contribution in [0.1, 0.15) is 64.6 Å². The minimum Gasteiger partial charge on any atom is -0.744 e. The van der Waals surface area contributed by atoms with Gasteiger partial charge in [-0.2, -0.15) is 0 Å². The predicted molar refractivity (Wildman–Crippen MR) is 149 cm³/mol. The van der Waals surface area contributed by atoms with Gasteiger partial charge in [-0.1, -0.05) is 12.1 Å². The molecule has 0 aromatic heterocycles. The lowest BCUT2D eigenvalue weighted by molar-refractivity contribution is 0.431. The average Bonchev–Trinajstić information content (AvgIpc) is 2.93. The van der Waals surface area contributed by atoms with Gasteiger partial charge in [0.1, 0.15) is 34.7 Å². The van der Waals surface area contributed by atoms with Crippen LogP contribution >= 0.6 is 0 Å². The fourth-order valence-corrected chi connectivity index (χ4v) is 8.62. The lowest BCUT2D eigenvalue weighted by atomic mass is 9.82. The zero-order chi connectivity index (χ0) is 26.5. The molecule has 200 valence electrons. The van der Waals surface area contributed by atoms with Crippen molar-refractivity contribution < 1.29 is 17.7 Å². The summed E-state index contributed by atoms with van der Waals surface area (Å²) in [6.45, 7) is 6.10. The maximum atomic E-state index is 12.7. The van der Waals surface area contributed by atoms with Crippen LogP contribution in [0.4, 0.5) is 5.69 Å². The number of ether oxygens (including phenoxy) is 1. The Morgan fingerprint density at radius 2 is 1.59 bits per heavy atom. The summed E-state index contributed by atoms with van der Waals surface area (Å²) in [5.74, 6) is 1.73. The zero-order valence-corrected chi connectivity index (χ0v) is 23.1. The fourth-order valence-electron chi connectivity index (χ4n) is 7.85. The second-order valence-electron chi connectivity index (χ2n) is 11.8. The molecule has 5 aliphatic heterocycles. The van der Waals surface area contributed by atoms with Crippen molar-refractivity contribution in [3.05, 3.63) is 79.9 Å². The molecule has 6 nitrogen and oxygen atoms in total. The minimum absolute atomic E-state index is 0.141. The van der Waals surface area contributed by atoms with Gasteiger partial charge in [0.2, 0.25) is 5.36 Å². The van der Waals surface area contributed by atoms with Crippen LogP contribution in [-0.4, -0.2) is 39.1 Å². The number of hydrogen-bond acceptors (Lipinski definition) is 5. The van der Waals surface area contributed by atoms with E-state index in [0.29, 0.717) is 5.56 Å². The molecule has 0 fully saturated rings. The molecule has 39 heavy (non-hydrogen) atoms. The van der Waals surface area contributed by atoms with Crippen molar-refractivity contribution >= 4 is 21.4 Å². The van der Waals surface area contributed by atoms with E-state index in [9.17, 15) is 13.0 Å². The van der Waals surface area contributed by atoms with Gasteiger partial charge in [0.15, 0.2) is 0 Å². The highest BCUT2D eigenvalue weighted by Gasteiger charge is 2.36. The molecular formula is C32H32N2O4S. The van der Waals surface area contributed by atoms with Crippen LogP contribution in [0.5, 0.6) is 11.5 Å². The van der Waals surface area contributed by atoms with Crippen molar-refractivity contribution in [1.82, 2.24) is 4.58 Å². The number of fused-ring (bicyclic) bond motifs is 4. The van der Waals surface area contributed by atoms with Gasteiger partial charge in [-0.05, 0) is 74.8 Å². The molecule has 0 saturated carbocycles. The fraction of sp³-hybridized carbons (Fsp3) is 0.406. The van der Waals surface area contributed by atoms with Gasteiger partial charge in [-0.15, -0.1) is 0 Å². The first kappa shape index (κ1) is 23.7. The Hall–Kier alpha value is -3.16. The summed E-state index contributed by atoms with van der Waals surface area (Å²) in [4.78, 5) is 2.37. The molecule has 5 heterocycles. The number of benzene rings is 3. The summed E-state index contributed by atoms with van der Waals surface area (Å²) >= 11 is 0. The summed E-state index contributed by atoms with van der Waals surface area (Å²) in [5.41, 5.74) is 9.45. The summed E-state index contributed by atoms with van der Waals surface area (Å²) in [6, 6.07) is 9.77. The lowest BCUT2D eigenvalue weighted by Gasteiger charge is -2.39. The van der Waals surface area contributed by atoms with Gasteiger partial charge < -0.3 is 14.2 Å². The first-order valence-electron chi connectivity index (χ1n) is 14.4. The predicted octanol–water partition coefficient (Wildman–Crippen LogP) is 3.33. The van der Waals surface area contributed by atoms with Crippen LogP contribution in [-0.2, 0) is 35.8 Å². The smallest absolute Gasteiger partial charge is 0.210 e. The third-order valence-corrected chi connectivity index (χ3v) is 10.2. The zero-order valence-electron chi connectivity index (χ0n) is 22.3. The third-order valence-electron chi connectivity index (χ3n) is 9.36. The van der Waals surface area contributed by atoms with Crippen LogP contribution in [0.15, 0.2) is 35.2 Å². The van der Waals surface area contributed by atoms with Crippen molar-refractivity contribution in [2.45, 2.75) is 63.2 Å². The quantitative estimate of drug-likeness (QED) is 0.288. The van der Waals surface area contributed by atoms with Gasteiger partial charge in [0.25, 0.3) is 0 Å². The number of aryl methyl sites for hydroxylation is 3. The van der Waals surface area contributed by atoms with Crippen molar-refractivity contribution in [2.75, 3.05) is 31.1 Å². The first-order valence-corrected chi connectivity index (χ1v) is 15.8. The molecule has 0 bridgehead atoms. The minimum atomic E-state index is -4.70. The number of anilines is 1. The van der Waals surface area contributed by atoms with Crippen molar-refractivity contribution in [3.8, 4) is 11.5 Å². The summed E-state index contributed by atoms with van der Waals surface area (Å²) in [5, 5.41) is 2.26. The Morgan fingerprint density at radius 3 is 2.41 bits per heavy atom. The molecule has 0 unspecified atom stereocenters. The van der Waals surface area contributed by atoms with Crippen LogP contribution in [0, 0.1) is 6.92 Å². The van der Waals surface area contributed by atoms with E-state index in [2.05, 4.69) is 21.6 Å². The average molecular weight is 541 g/mol. The molecular weight excluding hydrogens is 508 g/mol. The molecule has 3 aromatic rings. The van der Waals surface area contributed by atoms with E-state index in [1.54, 1.807) is 0 Å². The van der Waals surface area contributed by atoms with Gasteiger partial charge in [-0.3, -0.25) is 0 Å². The number of nitrogens with zero attached hydrogens (tertiary/aromatic N) is 2. The second kappa shape index (κ2) is 8.42. The summed E-state index contributed by atoms with van der Waals surface area (Å²) < 4.78 is 47.6. The monoisotopic (exact) mass is 540 g/mol. The highest BCUT2D eigenvalue weighted by molar-refractivity contribution is 7.85. The van der Waals surface area contributed by atoms with Crippen molar-refractivity contribution in [3.63, 3.8) is 0 Å². The lowest BCUT2D eigenvalue weighted by Crippen LogP contribution is -2.45. The maximum absolute atomic E-state index is 12.7. The second-order valence-corrected chi connectivity index (χ2v) is 13.1. The molecule has 0 saturated heterocycles. The van der Waals surface area contributed by atoms with Crippen LogP contribution in [0.25, 0.3) is 5.57 Å². The molecule has 0 N–H and O–H groups in total. The Labute approximate surface area is 229 Å². The molecule has 0 spiro atoms. The molecule has 0 amide bonds. The van der Waals surface area contributed by atoms with Crippen LogP contribution in [0.3, 0.4) is 0 Å². The van der Waals surface area contributed by atoms with Crippen molar-refractivity contribution in [1.29, 1.82) is 0 Å². The highest BCUT2D eigenvalue weighted by atomic mass is 32.2. The SMILES string of the molecule is Cc1ccc(C2=c3cc4c5c(c3Oc3c2cc2c6c3CCCN6CCC2)CCC[N+]=5CCC4)c(S(=O)(=O)[O-])c1.